The lowest BCUT2D eigenvalue weighted by atomic mass is 10.2. The Morgan fingerprint density at radius 3 is 2.43 bits per heavy atom. The van der Waals surface area contributed by atoms with E-state index in [2.05, 4.69) is 14.8 Å². The van der Waals surface area contributed by atoms with Crippen molar-refractivity contribution in [3.8, 4) is 11.4 Å². The first kappa shape index (κ1) is 18.0. The quantitative estimate of drug-likeness (QED) is 0.560. The first-order valence-electron chi connectivity index (χ1n) is 8.55. The number of aromatic nitrogens is 3. The van der Waals surface area contributed by atoms with Gasteiger partial charge in [-0.1, -0.05) is 18.2 Å². The summed E-state index contributed by atoms with van der Waals surface area (Å²) in [4.78, 5) is 4.58. The highest BCUT2D eigenvalue weighted by Gasteiger charge is 2.17. The number of rotatable bonds is 5. The highest BCUT2D eigenvalue weighted by Crippen LogP contribution is 2.25. The van der Waals surface area contributed by atoms with Crippen LogP contribution >= 0.6 is 0 Å². The van der Waals surface area contributed by atoms with E-state index in [1.165, 1.54) is 25.4 Å². The molecule has 4 aromatic rings. The molecule has 0 bridgehead atoms. The highest BCUT2D eigenvalue weighted by molar-refractivity contribution is 7.92. The average molecular weight is 394 g/mol. The Morgan fingerprint density at radius 1 is 1.04 bits per heavy atom. The van der Waals surface area contributed by atoms with Crippen LogP contribution in [0.4, 0.5) is 5.69 Å². The van der Waals surface area contributed by atoms with Gasteiger partial charge < -0.3 is 4.74 Å². The summed E-state index contributed by atoms with van der Waals surface area (Å²) in [6.45, 7) is 1.87. The third-order valence-electron chi connectivity index (χ3n) is 4.33. The number of sulfonamides is 1. The number of pyridine rings is 1. The van der Waals surface area contributed by atoms with E-state index in [1.807, 2.05) is 37.3 Å². The second-order valence-corrected chi connectivity index (χ2v) is 7.89. The fraction of sp³-hybridized carbons (Fsp3) is 0.100. The lowest BCUT2D eigenvalue weighted by Crippen LogP contribution is -2.13. The van der Waals surface area contributed by atoms with Crippen molar-refractivity contribution < 1.29 is 13.2 Å². The van der Waals surface area contributed by atoms with E-state index in [-0.39, 0.29) is 4.90 Å². The first-order valence-corrected chi connectivity index (χ1v) is 10.0. The van der Waals surface area contributed by atoms with Crippen LogP contribution in [0.25, 0.3) is 16.7 Å². The Morgan fingerprint density at radius 2 is 1.75 bits per heavy atom. The maximum absolute atomic E-state index is 12.6. The summed E-state index contributed by atoms with van der Waals surface area (Å²) >= 11 is 0. The molecule has 142 valence electrons. The predicted octanol–water partition coefficient (Wildman–Crippen LogP) is 3.54. The number of benzene rings is 2. The molecular weight excluding hydrogens is 376 g/mol. The summed E-state index contributed by atoms with van der Waals surface area (Å²) in [5.74, 6) is 0.589. The third-order valence-corrected chi connectivity index (χ3v) is 5.73. The zero-order valence-corrected chi connectivity index (χ0v) is 16.1. The smallest absolute Gasteiger partial charge is 0.261 e. The summed E-state index contributed by atoms with van der Waals surface area (Å²) in [5, 5.41) is 5.31. The predicted molar refractivity (Wildman–Crippen MR) is 107 cm³/mol. The van der Waals surface area contributed by atoms with Crippen LogP contribution in [0.5, 0.6) is 5.75 Å². The Hall–Kier alpha value is -3.39. The van der Waals surface area contributed by atoms with Crippen LogP contribution < -0.4 is 9.46 Å². The molecule has 2 aromatic heterocycles. The zero-order chi connectivity index (χ0) is 19.7. The SMILES string of the molecule is COc1ccc(S(=O)(=O)Nc2cnc3c(c2)c(C)nn3-c2ccccc2)cc1. The maximum Gasteiger partial charge on any atom is 0.261 e. The van der Waals surface area contributed by atoms with Crippen LogP contribution in [0.1, 0.15) is 5.69 Å². The molecule has 0 unspecified atom stereocenters. The molecule has 8 heteroatoms. The molecule has 0 saturated heterocycles. The molecule has 0 spiro atoms. The minimum Gasteiger partial charge on any atom is -0.497 e. The van der Waals surface area contributed by atoms with Crippen molar-refractivity contribution in [1.29, 1.82) is 0 Å². The van der Waals surface area contributed by atoms with E-state index in [0.29, 0.717) is 17.1 Å². The normalized spacial score (nSPS) is 11.5. The van der Waals surface area contributed by atoms with Crippen LogP contribution in [0.3, 0.4) is 0 Å². The molecule has 0 saturated carbocycles. The van der Waals surface area contributed by atoms with Gasteiger partial charge in [0.25, 0.3) is 10.0 Å². The molecule has 2 aromatic carbocycles. The van der Waals surface area contributed by atoms with Crippen LogP contribution in [-0.2, 0) is 10.0 Å². The number of hydrogen-bond acceptors (Lipinski definition) is 5. The maximum atomic E-state index is 12.6. The van der Waals surface area contributed by atoms with Crippen molar-refractivity contribution in [2.24, 2.45) is 0 Å². The van der Waals surface area contributed by atoms with E-state index in [1.54, 1.807) is 22.9 Å². The second kappa shape index (κ2) is 6.97. The summed E-state index contributed by atoms with van der Waals surface area (Å²) < 4.78 is 34.7. The van der Waals surface area contributed by atoms with Crippen molar-refractivity contribution in [1.82, 2.24) is 14.8 Å². The van der Waals surface area contributed by atoms with Crippen molar-refractivity contribution in [2.75, 3.05) is 11.8 Å². The van der Waals surface area contributed by atoms with Crippen LogP contribution in [-0.4, -0.2) is 30.3 Å². The monoisotopic (exact) mass is 394 g/mol. The minimum atomic E-state index is -3.74. The Labute approximate surface area is 162 Å². The molecule has 0 aliphatic heterocycles. The van der Waals surface area contributed by atoms with Gasteiger partial charge in [-0.25, -0.2) is 18.1 Å². The van der Waals surface area contributed by atoms with Gasteiger partial charge in [0.1, 0.15) is 5.75 Å². The fourth-order valence-electron chi connectivity index (χ4n) is 2.92. The first-order chi connectivity index (χ1) is 13.5. The number of nitrogens with one attached hydrogen (secondary N) is 1. The van der Waals surface area contributed by atoms with Gasteiger partial charge in [-0.2, -0.15) is 5.10 Å². The van der Waals surface area contributed by atoms with Gasteiger partial charge in [0, 0.05) is 5.39 Å². The Bertz CT molecular complexity index is 1230. The molecule has 28 heavy (non-hydrogen) atoms. The lowest BCUT2D eigenvalue weighted by Gasteiger charge is -2.09. The Balaban J connectivity index is 1.69. The third kappa shape index (κ3) is 3.29. The number of hydrogen-bond donors (Lipinski definition) is 1. The van der Waals surface area contributed by atoms with Gasteiger partial charge in [-0.3, -0.25) is 4.72 Å². The van der Waals surface area contributed by atoms with E-state index < -0.39 is 10.0 Å². The van der Waals surface area contributed by atoms with Crippen molar-refractivity contribution >= 4 is 26.7 Å². The topological polar surface area (TPSA) is 86.1 Å². The largest absolute Gasteiger partial charge is 0.497 e. The van der Waals surface area contributed by atoms with Crippen LogP contribution in [0, 0.1) is 6.92 Å². The average Bonchev–Trinajstić information content (AvgIpc) is 3.04. The molecule has 4 rings (SSSR count). The molecular formula is C20H18N4O3S. The summed E-state index contributed by atoms with van der Waals surface area (Å²) in [7, 11) is -2.21. The van der Waals surface area contributed by atoms with E-state index in [4.69, 9.17) is 4.74 Å². The number of aryl methyl sites for hydroxylation is 1. The fourth-order valence-corrected chi connectivity index (χ4v) is 3.95. The van der Waals surface area contributed by atoms with E-state index in [9.17, 15) is 8.42 Å². The molecule has 0 atom stereocenters. The van der Waals surface area contributed by atoms with Gasteiger partial charge in [0.05, 0.1) is 35.3 Å². The number of nitrogens with zero attached hydrogens (tertiary/aromatic N) is 3. The summed E-state index contributed by atoms with van der Waals surface area (Å²) in [6.07, 6.45) is 1.49. The minimum absolute atomic E-state index is 0.144. The number of fused-ring (bicyclic) bond motifs is 1. The molecule has 0 aliphatic rings. The van der Waals surface area contributed by atoms with E-state index in [0.717, 1.165) is 16.8 Å². The molecule has 1 N–H and O–H groups in total. The standard InChI is InChI=1S/C20H18N4O3S/c1-14-19-12-15(23-28(25,26)18-10-8-17(27-2)9-11-18)13-21-20(19)24(22-14)16-6-4-3-5-7-16/h3-13,23H,1-2H3. The number of anilines is 1. The zero-order valence-electron chi connectivity index (χ0n) is 15.3. The lowest BCUT2D eigenvalue weighted by molar-refractivity contribution is 0.414. The molecule has 7 nitrogen and oxygen atoms in total. The highest BCUT2D eigenvalue weighted by atomic mass is 32.2. The molecule has 0 amide bonds. The summed E-state index contributed by atoms with van der Waals surface area (Å²) in [6, 6.07) is 17.6. The molecule has 0 fully saturated rings. The number of methoxy groups -OCH3 is 1. The molecule has 0 radical (unpaired) electrons. The van der Waals surface area contributed by atoms with Crippen LogP contribution in [0.2, 0.25) is 0 Å². The van der Waals surface area contributed by atoms with Gasteiger partial charge in [0.2, 0.25) is 0 Å². The van der Waals surface area contributed by atoms with Crippen LogP contribution in [0.15, 0.2) is 71.8 Å². The van der Waals surface area contributed by atoms with E-state index >= 15 is 0 Å². The van der Waals surface area contributed by atoms with Gasteiger partial charge in [-0.15, -0.1) is 0 Å². The van der Waals surface area contributed by atoms with Crippen molar-refractivity contribution in [3.63, 3.8) is 0 Å². The second-order valence-electron chi connectivity index (χ2n) is 6.21. The molecule has 0 aliphatic carbocycles. The summed E-state index contributed by atoms with van der Waals surface area (Å²) in [5.41, 5.74) is 2.69. The van der Waals surface area contributed by atoms with Crippen molar-refractivity contribution in [2.45, 2.75) is 11.8 Å². The molecule has 2 heterocycles. The Kier molecular flexibility index (Phi) is 4.48. The van der Waals surface area contributed by atoms with Crippen molar-refractivity contribution in [3.05, 3.63) is 72.6 Å². The van der Waals surface area contributed by atoms with Gasteiger partial charge in [-0.05, 0) is 49.4 Å². The van der Waals surface area contributed by atoms with Gasteiger partial charge in [0.15, 0.2) is 5.65 Å². The number of ether oxygens (including phenoxy) is 1. The van der Waals surface area contributed by atoms with Gasteiger partial charge >= 0.3 is 0 Å². The number of para-hydroxylation sites is 1.